The van der Waals surface area contributed by atoms with Crippen molar-refractivity contribution in [2.45, 2.75) is 199 Å². The van der Waals surface area contributed by atoms with Crippen molar-refractivity contribution in [2.75, 3.05) is 0 Å². The second-order valence-corrected chi connectivity index (χ2v) is 15.3. The van der Waals surface area contributed by atoms with Crippen molar-refractivity contribution in [3.63, 3.8) is 0 Å². The fourth-order valence-electron chi connectivity index (χ4n) is 8.03. The number of nitrogens with zero attached hydrogens (tertiary/aromatic N) is 1. The number of nitrogens with one attached hydrogen (secondary N) is 1. The molecule has 0 spiro atoms. The fourth-order valence-corrected chi connectivity index (χ4v) is 8.03. The zero-order valence-corrected chi connectivity index (χ0v) is 31.8. The highest BCUT2D eigenvalue weighted by molar-refractivity contribution is 5.32. The van der Waals surface area contributed by atoms with Gasteiger partial charge in [-0.25, -0.2) is 9.55 Å². The summed E-state index contributed by atoms with van der Waals surface area (Å²) in [6.45, 7) is 8.29. The highest BCUT2D eigenvalue weighted by Gasteiger charge is 2.41. The Morgan fingerprint density at radius 3 is 1.48 bits per heavy atom. The van der Waals surface area contributed by atoms with E-state index < -0.39 is 0 Å². The molecule has 0 fully saturated rings. The average Bonchev–Trinajstić information content (AvgIpc) is 3.58. The van der Waals surface area contributed by atoms with Crippen LogP contribution in [0.5, 0.6) is 0 Å². The number of hydrogen-bond donors (Lipinski definition) is 1. The van der Waals surface area contributed by atoms with Crippen LogP contribution in [0.15, 0.2) is 73.1 Å². The second-order valence-electron chi connectivity index (χ2n) is 15.3. The molecule has 3 aromatic rings. The Balaban J connectivity index is 1.58. The van der Waals surface area contributed by atoms with E-state index in [-0.39, 0.29) is 5.41 Å². The molecule has 0 radical (unpaired) electrons. The van der Waals surface area contributed by atoms with Gasteiger partial charge in [-0.1, -0.05) is 216 Å². The first-order valence-electron chi connectivity index (χ1n) is 20.8. The topological polar surface area (TPSA) is 19.7 Å². The third kappa shape index (κ3) is 15.5. The van der Waals surface area contributed by atoms with Gasteiger partial charge in [0.15, 0.2) is 0 Å². The van der Waals surface area contributed by atoms with Gasteiger partial charge in [0.25, 0.3) is 5.82 Å². The lowest BCUT2D eigenvalue weighted by molar-refractivity contribution is -0.705. The maximum absolute atomic E-state index is 3.81. The van der Waals surface area contributed by atoms with Crippen molar-refractivity contribution in [2.24, 2.45) is 0 Å². The van der Waals surface area contributed by atoms with Crippen LogP contribution in [0.2, 0.25) is 0 Å². The average molecular weight is 656 g/mol. The van der Waals surface area contributed by atoms with Crippen LogP contribution in [0.3, 0.4) is 0 Å². The molecule has 0 aliphatic rings. The lowest BCUT2D eigenvalue weighted by Gasteiger charge is -2.37. The smallest absolute Gasteiger partial charge is 0.247 e. The first-order valence-corrected chi connectivity index (χ1v) is 20.8. The van der Waals surface area contributed by atoms with Crippen LogP contribution in [0.25, 0.3) is 0 Å². The number of aromatic nitrogens is 2. The van der Waals surface area contributed by atoms with Crippen LogP contribution >= 0.6 is 0 Å². The van der Waals surface area contributed by atoms with Crippen molar-refractivity contribution < 1.29 is 4.57 Å². The third-order valence-corrected chi connectivity index (χ3v) is 11.1. The largest absolute Gasteiger partial charge is 0.258 e. The number of unbranched alkanes of at least 4 members (excludes halogenated alkanes) is 21. The summed E-state index contributed by atoms with van der Waals surface area (Å²) >= 11 is 0. The van der Waals surface area contributed by atoms with Crippen LogP contribution in [0.4, 0.5) is 0 Å². The molecule has 0 bridgehead atoms. The Bertz CT molecular complexity index is 1140. The van der Waals surface area contributed by atoms with E-state index in [1.165, 1.54) is 171 Å². The summed E-state index contributed by atoms with van der Waals surface area (Å²) in [6.07, 6.45) is 39.0. The minimum atomic E-state index is 0.00446. The van der Waals surface area contributed by atoms with Gasteiger partial charge in [0.2, 0.25) is 0 Å². The molecule has 2 heteroatoms. The monoisotopic (exact) mass is 656 g/mol. The van der Waals surface area contributed by atoms with Crippen LogP contribution in [-0.4, -0.2) is 4.98 Å². The summed E-state index contributed by atoms with van der Waals surface area (Å²) in [5.74, 6) is 1.87. The van der Waals surface area contributed by atoms with Crippen molar-refractivity contribution in [3.05, 3.63) is 90.0 Å². The van der Waals surface area contributed by atoms with Crippen LogP contribution < -0.4 is 4.57 Å². The molecule has 2 unspecified atom stereocenters. The van der Waals surface area contributed by atoms with Gasteiger partial charge in [-0.05, 0) is 36.8 Å². The molecule has 0 saturated carbocycles. The minimum absolute atomic E-state index is 0.00446. The number of H-pyrrole nitrogens is 1. The van der Waals surface area contributed by atoms with Crippen LogP contribution in [-0.2, 0) is 18.4 Å². The van der Waals surface area contributed by atoms with E-state index >= 15 is 0 Å². The Morgan fingerprint density at radius 2 is 0.979 bits per heavy atom. The van der Waals surface area contributed by atoms with Gasteiger partial charge >= 0.3 is 0 Å². The predicted molar refractivity (Wildman–Crippen MR) is 210 cm³/mol. The van der Waals surface area contributed by atoms with E-state index in [0.717, 1.165) is 13.0 Å². The van der Waals surface area contributed by atoms with E-state index in [0.29, 0.717) is 5.92 Å². The van der Waals surface area contributed by atoms with Crippen molar-refractivity contribution in [3.8, 4) is 0 Å². The minimum Gasteiger partial charge on any atom is -0.247 e. The standard InChI is InChI=1S/C46H74N2/c1-4-6-8-10-12-14-16-17-18-20-22-24-32-39-48-40-38-47-45(48)44(37-31-23-21-19-15-13-11-9-7-5-2)46(3,43-35-29-26-30-36-43)41-42-33-27-25-28-34-42/h25-30,33-36,38,40,44H,4-24,31-32,37,39,41H2,1-3H3/p+1. The van der Waals surface area contributed by atoms with Crippen molar-refractivity contribution >= 4 is 0 Å². The number of aromatic amines is 1. The molecule has 1 aromatic heterocycles. The number of hydrogen-bond acceptors (Lipinski definition) is 0. The summed E-state index contributed by atoms with van der Waals surface area (Å²) in [5, 5.41) is 0. The Morgan fingerprint density at radius 1 is 0.542 bits per heavy atom. The van der Waals surface area contributed by atoms with Gasteiger partial charge in [-0.3, -0.25) is 0 Å². The molecule has 0 amide bonds. The maximum atomic E-state index is 3.81. The predicted octanol–water partition coefficient (Wildman–Crippen LogP) is 14.0. The number of aryl methyl sites for hydroxylation is 1. The number of imidazole rings is 1. The second kappa shape index (κ2) is 25.6. The fraction of sp³-hybridized carbons (Fsp3) is 0.674. The summed E-state index contributed by atoms with van der Waals surface area (Å²) in [5.41, 5.74) is 2.91. The first kappa shape index (κ1) is 40.1. The summed E-state index contributed by atoms with van der Waals surface area (Å²) in [6, 6.07) is 22.7. The van der Waals surface area contributed by atoms with Gasteiger partial charge in [0, 0.05) is 5.41 Å². The number of benzene rings is 2. The molecular weight excluding hydrogens is 581 g/mol. The molecule has 2 aromatic carbocycles. The molecule has 48 heavy (non-hydrogen) atoms. The molecule has 2 atom stereocenters. The molecule has 268 valence electrons. The van der Waals surface area contributed by atoms with E-state index in [1.807, 2.05) is 0 Å². The number of rotatable bonds is 30. The van der Waals surface area contributed by atoms with Crippen molar-refractivity contribution in [1.82, 2.24) is 4.98 Å². The Kier molecular flexibility index (Phi) is 21.4. The molecule has 0 aliphatic carbocycles. The molecule has 2 nitrogen and oxygen atoms in total. The SMILES string of the molecule is CCCCCCCCCCCCCCC[n+]1cc[nH]c1C(CCCCCCCCCCCC)C(C)(Cc1ccccc1)c1ccccc1. The zero-order valence-electron chi connectivity index (χ0n) is 31.8. The third-order valence-electron chi connectivity index (χ3n) is 11.1. The van der Waals surface area contributed by atoms with Crippen LogP contribution in [0, 0.1) is 0 Å². The van der Waals surface area contributed by atoms with E-state index in [2.05, 4.69) is 103 Å². The van der Waals surface area contributed by atoms with E-state index in [4.69, 9.17) is 0 Å². The highest BCUT2D eigenvalue weighted by Crippen LogP contribution is 2.43. The van der Waals surface area contributed by atoms with Gasteiger partial charge in [-0.15, -0.1) is 0 Å². The summed E-state index contributed by atoms with van der Waals surface area (Å²) in [4.78, 5) is 3.81. The van der Waals surface area contributed by atoms with Gasteiger partial charge < -0.3 is 0 Å². The lowest BCUT2D eigenvalue weighted by atomic mass is 9.66. The maximum Gasteiger partial charge on any atom is 0.258 e. The molecule has 3 rings (SSSR count). The summed E-state index contributed by atoms with van der Waals surface area (Å²) < 4.78 is 2.59. The van der Waals surface area contributed by atoms with Crippen LogP contribution in [0.1, 0.15) is 198 Å². The van der Waals surface area contributed by atoms with E-state index in [9.17, 15) is 0 Å². The Labute approximate surface area is 297 Å². The van der Waals surface area contributed by atoms with Crippen molar-refractivity contribution in [1.29, 1.82) is 0 Å². The molecule has 1 N–H and O–H groups in total. The zero-order chi connectivity index (χ0) is 34.0. The highest BCUT2D eigenvalue weighted by atomic mass is 15.1. The normalized spacial score (nSPS) is 13.5. The first-order chi connectivity index (χ1) is 23.7. The van der Waals surface area contributed by atoms with Gasteiger partial charge in [-0.2, -0.15) is 0 Å². The Hall–Kier alpha value is -2.35. The molecule has 0 aliphatic heterocycles. The van der Waals surface area contributed by atoms with Gasteiger partial charge in [0.05, 0.1) is 12.5 Å². The van der Waals surface area contributed by atoms with E-state index in [1.54, 1.807) is 0 Å². The van der Waals surface area contributed by atoms with Gasteiger partial charge in [0.1, 0.15) is 12.4 Å². The molecular formula is C46H75N2+. The summed E-state index contributed by atoms with van der Waals surface area (Å²) in [7, 11) is 0. The molecule has 0 saturated heterocycles. The molecule has 1 heterocycles. The quantitative estimate of drug-likeness (QED) is 0.0545. The lowest BCUT2D eigenvalue weighted by Crippen LogP contribution is -2.43.